The van der Waals surface area contributed by atoms with Crippen molar-refractivity contribution in [2.75, 3.05) is 14.2 Å². The Hall–Kier alpha value is -8.39. The van der Waals surface area contributed by atoms with E-state index in [4.69, 9.17) is 34.1 Å². The normalized spacial score (nSPS) is 11.5. The number of ether oxygens (including phenoxy) is 3. The van der Waals surface area contributed by atoms with Crippen molar-refractivity contribution in [2.24, 2.45) is 0 Å². The van der Waals surface area contributed by atoms with Crippen molar-refractivity contribution in [3.8, 4) is 67.5 Å². The van der Waals surface area contributed by atoms with Crippen LogP contribution in [0.3, 0.4) is 0 Å². The van der Waals surface area contributed by atoms with Crippen LogP contribution in [-0.4, -0.2) is 63.0 Å². The summed E-state index contributed by atoms with van der Waals surface area (Å²) in [6, 6.07) is 27.9. The maximum Gasteiger partial charge on any atom is 2.00 e. The van der Waals surface area contributed by atoms with Crippen molar-refractivity contribution >= 4 is 64.8 Å². The standard InChI is InChI=1S/C50H36N4O10.Mn/c1-62-49(60)32-10-8-28(22-43(32)58)47-38-15-13-35(52-38)45(26-4-3-5-31(56)20-26)34-12-14-36(51-34)46(27-6-7-30(24-64-25-55)42(57)21-27)37-16-17-39(53-37)48(41-19-18-40(47)54-41)29-9-11-33(44(59)23-29)50(61)63-2;/h3-23,25H,24H2,1-2H3,(H6,51,52,53,54,56,57,58,59,60,61);/q;+2/p-2. The summed E-state index contributed by atoms with van der Waals surface area (Å²) in [5.41, 5.74) is 8.00. The molecule has 0 saturated carbocycles. The van der Waals surface area contributed by atoms with E-state index in [0.29, 0.717) is 101 Å². The number of aromatic nitrogens is 4. The number of fused-ring (bicyclic) bond motifs is 8. The fourth-order valence-electron chi connectivity index (χ4n) is 7.84. The molecule has 3 aromatic heterocycles. The molecule has 0 fully saturated rings. The molecule has 9 rings (SSSR count). The van der Waals surface area contributed by atoms with Crippen LogP contribution in [0.5, 0.6) is 23.0 Å². The van der Waals surface area contributed by atoms with E-state index < -0.39 is 11.9 Å². The van der Waals surface area contributed by atoms with Gasteiger partial charge < -0.3 is 44.6 Å². The van der Waals surface area contributed by atoms with E-state index in [-0.39, 0.29) is 57.8 Å². The molecule has 4 aromatic carbocycles. The topological polar surface area (TPSA) is 214 Å². The first-order valence-electron chi connectivity index (χ1n) is 19.6. The Morgan fingerprint density at radius 3 is 1.31 bits per heavy atom. The largest absolute Gasteiger partial charge is 2.00 e. The van der Waals surface area contributed by atoms with Gasteiger partial charge in [0, 0.05) is 5.56 Å². The first-order valence-corrected chi connectivity index (χ1v) is 19.6. The van der Waals surface area contributed by atoms with Gasteiger partial charge in [-0.1, -0.05) is 60.7 Å². The molecule has 2 aliphatic rings. The summed E-state index contributed by atoms with van der Waals surface area (Å²) >= 11 is 0. The average molecular weight is 906 g/mol. The van der Waals surface area contributed by atoms with Gasteiger partial charge in [-0.2, -0.15) is 0 Å². The maximum atomic E-state index is 12.5. The molecule has 4 N–H and O–H groups in total. The molecule has 1 radical (unpaired) electrons. The molecule has 321 valence electrons. The van der Waals surface area contributed by atoms with Gasteiger partial charge in [0.2, 0.25) is 0 Å². The molecule has 2 aliphatic heterocycles. The smallest absolute Gasteiger partial charge is 0.657 e. The third-order valence-electron chi connectivity index (χ3n) is 10.8. The van der Waals surface area contributed by atoms with E-state index in [2.05, 4.69) is 0 Å². The van der Waals surface area contributed by atoms with Gasteiger partial charge in [-0.25, -0.2) is 19.6 Å². The van der Waals surface area contributed by atoms with Gasteiger partial charge >= 0.3 is 29.0 Å². The number of esters is 2. The first-order chi connectivity index (χ1) is 31.0. The number of rotatable bonds is 9. The number of aromatic hydroxyl groups is 4. The van der Waals surface area contributed by atoms with Crippen LogP contribution in [0.2, 0.25) is 0 Å². The Morgan fingerprint density at radius 1 is 0.538 bits per heavy atom. The Morgan fingerprint density at radius 2 is 0.938 bits per heavy atom. The van der Waals surface area contributed by atoms with Crippen molar-refractivity contribution in [2.45, 2.75) is 6.61 Å². The number of phenolic OH excluding ortho intramolecular Hbond substituents is 4. The van der Waals surface area contributed by atoms with Crippen molar-refractivity contribution in [3.05, 3.63) is 143 Å². The van der Waals surface area contributed by atoms with Crippen LogP contribution >= 0.6 is 0 Å². The molecular weight excluding hydrogens is 872 g/mol. The SMILES string of the molecule is COC(=O)c1ccc(-c2c3nc(c(-c4ccc(C(=O)OC)c(O)c4)c4ccc([n-]4)c(-c4ccc(COC=O)c(O)c4)c4nc(c(-c5cccc(O)c5)c5ccc2[n-]5)C=C4)C=C3)cc1O.[Mn+2]. The molecule has 8 bridgehead atoms. The molecule has 65 heavy (non-hydrogen) atoms. The number of carbonyl (C=O) groups is 3. The number of benzene rings is 4. The Balaban J connectivity index is 0.00000576. The van der Waals surface area contributed by atoms with E-state index in [0.717, 1.165) is 0 Å². The molecule has 15 heteroatoms. The summed E-state index contributed by atoms with van der Waals surface area (Å²) in [7, 11) is 2.44. The predicted octanol–water partition coefficient (Wildman–Crippen LogP) is 8.65. The van der Waals surface area contributed by atoms with Crippen LogP contribution in [0.4, 0.5) is 0 Å². The van der Waals surface area contributed by atoms with Crippen LogP contribution in [-0.2, 0) is 42.7 Å². The first kappa shape index (κ1) is 43.3. The zero-order valence-corrected chi connectivity index (χ0v) is 35.5. The Kier molecular flexibility index (Phi) is 11.8. The molecule has 0 unspecified atom stereocenters. The minimum atomic E-state index is -0.728. The third kappa shape index (κ3) is 8.08. The van der Waals surface area contributed by atoms with Crippen LogP contribution in [0, 0.1) is 0 Å². The van der Waals surface area contributed by atoms with Gasteiger partial charge in [0.25, 0.3) is 6.47 Å². The quantitative estimate of drug-likeness (QED) is 0.0462. The van der Waals surface area contributed by atoms with Crippen LogP contribution < -0.4 is 9.97 Å². The fourth-order valence-corrected chi connectivity index (χ4v) is 7.84. The van der Waals surface area contributed by atoms with Crippen molar-refractivity contribution in [1.82, 2.24) is 19.9 Å². The van der Waals surface area contributed by atoms with Gasteiger partial charge in [-0.3, -0.25) is 4.79 Å². The number of hydrogen-bond donors (Lipinski definition) is 4. The zero-order chi connectivity index (χ0) is 44.6. The second-order valence-electron chi connectivity index (χ2n) is 14.6. The number of methoxy groups -OCH3 is 2. The maximum absolute atomic E-state index is 12.5. The number of nitrogens with zero attached hydrogens (tertiary/aromatic N) is 4. The molecule has 0 aliphatic carbocycles. The van der Waals surface area contributed by atoms with Gasteiger partial charge in [-0.05, 0) is 111 Å². The minimum absolute atomic E-state index is 0. The summed E-state index contributed by atoms with van der Waals surface area (Å²) in [6.07, 6.45) is 7.17. The number of carbonyl (C=O) groups excluding carboxylic acids is 3. The number of hydrogen-bond acceptors (Lipinski definition) is 12. The Bertz CT molecular complexity index is 3330. The second kappa shape index (κ2) is 17.8. The van der Waals surface area contributed by atoms with Crippen LogP contribution in [0.15, 0.2) is 103 Å². The molecule has 0 saturated heterocycles. The van der Waals surface area contributed by atoms with Gasteiger partial charge in [0.15, 0.2) is 0 Å². The summed E-state index contributed by atoms with van der Waals surface area (Å²) in [4.78, 5) is 56.5. The monoisotopic (exact) mass is 905 g/mol. The average Bonchev–Trinajstić information content (AvgIpc) is 4.14. The van der Waals surface area contributed by atoms with E-state index >= 15 is 0 Å². The van der Waals surface area contributed by atoms with E-state index in [1.165, 1.54) is 44.6 Å². The molecule has 14 nitrogen and oxygen atoms in total. The van der Waals surface area contributed by atoms with E-state index in [1.807, 2.05) is 24.3 Å². The zero-order valence-electron chi connectivity index (χ0n) is 34.3. The summed E-state index contributed by atoms with van der Waals surface area (Å²) < 4.78 is 14.7. The van der Waals surface area contributed by atoms with Crippen molar-refractivity contribution in [3.63, 3.8) is 0 Å². The molecule has 5 heterocycles. The predicted molar refractivity (Wildman–Crippen MR) is 239 cm³/mol. The Labute approximate surface area is 380 Å². The van der Waals surface area contributed by atoms with Crippen molar-refractivity contribution in [1.29, 1.82) is 0 Å². The van der Waals surface area contributed by atoms with E-state index in [9.17, 15) is 34.8 Å². The number of phenols is 4. The summed E-state index contributed by atoms with van der Waals surface area (Å²) in [6.45, 7) is 0.155. The van der Waals surface area contributed by atoms with Gasteiger partial charge in [-0.15, -0.1) is 22.1 Å². The second-order valence-corrected chi connectivity index (χ2v) is 14.6. The molecule has 0 amide bonds. The van der Waals surface area contributed by atoms with Crippen LogP contribution in [0.25, 0.3) is 90.9 Å². The van der Waals surface area contributed by atoms with Gasteiger partial charge in [0.05, 0.1) is 37.0 Å². The molecule has 0 spiro atoms. The molecule has 0 atom stereocenters. The van der Waals surface area contributed by atoms with E-state index in [1.54, 1.807) is 72.8 Å². The minimum Gasteiger partial charge on any atom is -0.657 e. The van der Waals surface area contributed by atoms with Crippen LogP contribution in [0.1, 0.15) is 49.1 Å². The molecular formula is C50H34MnN4O10. The van der Waals surface area contributed by atoms with Gasteiger partial charge in [0.1, 0.15) is 40.7 Å². The fraction of sp³-hybridized carbons (Fsp3) is 0.0600. The summed E-state index contributed by atoms with van der Waals surface area (Å²) in [5, 5.41) is 44.0. The third-order valence-corrected chi connectivity index (χ3v) is 10.8. The van der Waals surface area contributed by atoms with Crippen molar-refractivity contribution < 1.29 is 66.1 Å². The summed E-state index contributed by atoms with van der Waals surface area (Å²) in [5.74, 6) is -2.21. The molecule has 7 aromatic rings.